The van der Waals surface area contributed by atoms with E-state index in [0.29, 0.717) is 17.3 Å². The first-order chi connectivity index (χ1) is 10.1. The molecule has 3 rings (SSSR count). The van der Waals surface area contributed by atoms with Crippen LogP contribution in [0, 0.1) is 6.92 Å². The van der Waals surface area contributed by atoms with Crippen molar-refractivity contribution >= 4 is 17.5 Å². The van der Waals surface area contributed by atoms with Gasteiger partial charge in [-0.1, -0.05) is 29.8 Å². The Hall–Kier alpha value is -2.07. The average molecular weight is 303 g/mol. The second kappa shape index (κ2) is 5.74. The van der Waals surface area contributed by atoms with Gasteiger partial charge in [-0.15, -0.1) is 0 Å². The molecular weight excluding hydrogens is 288 g/mol. The first kappa shape index (κ1) is 13.9. The van der Waals surface area contributed by atoms with Gasteiger partial charge in [0.1, 0.15) is 10.9 Å². The number of aromatic nitrogens is 1. The Morgan fingerprint density at radius 3 is 3.00 bits per heavy atom. The van der Waals surface area contributed by atoms with Gasteiger partial charge in [-0.25, -0.2) is 4.98 Å². The molecule has 1 atom stereocenters. The average Bonchev–Trinajstić information content (AvgIpc) is 2.46. The molecule has 4 nitrogen and oxygen atoms in total. The normalized spacial score (nSPS) is 16.8. The third-order valence-corrected chi connectivity index (χ3v) is 3.64. The number of hydrogen-bond donors (Lipinski definition) is 1. The molecular formula is C16H15ClN2O2. The van der Waals surface area contributed by atoms with Crippen molar-refractivity contribution in [2.45, 2.75) is 19.4 Å². The number of nitrogens with zero attached hydrogens (tertiary/aromatic N) is 1. The minimum atomic E-state index is -0.149. The first-order valence-electron chi connectivity index (χ1n) is 6.80. The molecule has 2 heterocycles. The van der Waals surface area contributed by atoms with E-state index < -0.39 is 0 Å². The quantitative estimate of drug-likeness (QED) is 0.866. The van der Waals surface area contributed by atoms with Crippen molar-refractivity contribution in [3.63, 3.8) is 0 Å². The Morgan fingerprint density at radius 2 is 2.19 bits per heavy atom. The summed E-state index contributed by atoms with van der Waals surface area (Å²) in [7, 11) is 0. The van der Waals surface area contributed by atoms with Crippen LogP contribution < -0.4 is 10.1 Å². The molecule has 5 heteroatoms. The van der Waals surface area contributed by atoms with Crippen LogP contribution in [0.5, 0.6) is 5.75 Å². The second-order valence-electron chi connectivity index (χ2n) is 5.02. The topological polar surface area (TPSA) is 51.2 Å². The third kappa shape index (κ3) is 3.00. The van der Waals surface area contributed by atoms with Gasteiger partial charge in [0, 0.05) is 23.2 Å². The van der Waals surface area contributed by atoms with Gasteiger partial charge >= 0.3 is 0 Å². The number of carbonyl (C=O) groups is 1. The van der Waals surface area contributed by atoms with E-state index in [1.807, 2.05) is 31.2 Å². The molecule has 1 aliphatic heterocycles. The molecule has 0 fully saturated rings. The zero-order valence-electron chi connectivity index (χ0n) is 11.6. The van der Waals surface area contributed by atoms with Crippen molar-refractivity contribution in [1.29, 1.82) is 0 Å². The fourth-order valence-corrected chi connectivity index (χ4v) is 2.74. The number of aryl methyl sites for hydroxylation is 1. The lowest BCUT2D eigenvalue weighted by Gasteiger charge is -2.26. The lowest BCUT2D eigenvalue weighted by molar-refractivity contribution is 0.0924. The highest BCUT2D eigenvalue weighted by atomic mass is 35.5. The van der Waals surface area contributed by atoms with E-state index in [2.05, 4.69) is 10.3 Å². The van der Waals surface area contributed by atoms with Gasteiger partial charge in [-0.05, 0) is 25.1 Å². The van der Waals surface area contributed by atoms with Gasteiger partial charge in [0.05, 0.1) is 12.6 Å². The monoisotopic (exact) mass is 302 g/mol. The van der Waals surface area contributed by atoms with Crippen LogP contribution in [0.15, 0.2) is 36.4 Å². The van der Waals surface area contributed by atoms with E-state index in [0.717, 1.165) is 23.4 Å². The highest BCUT2D eigenvalue weighted by Gasteiger charge is 2.23. The number of pyridine rings is 1. The van der Waals surface area contributed by atoms with Crippen molar-refractivity contribution in [1.82, 2.24) is 10.3 Å². The number of hydrogen-bond acceptors (Lipinski definition) is 3. The molecule has 0 radical (unpaired) electrons. The molecule has 2 aromatic rings. The number of fused-ring (bicyclic) bond motifs is 1. The number of ether oxygens (including phenoxy) is 1. The molecule has 1 unspecified atom stereocenters. The maximum Gasteiger partial charge on any atom is 0.251 e. The number of amides is 1. The minimum absolute atomic E-state index is 0.0466. The summed E-state index contributed by atoms with van der Waals surface area (Å²) in [6.45, 7) is 2.41. The predicted molar refractivity (Wildman–Crippen MR) is 80.7 cm³/mol. The fraction of sp³-hybridized carbons (Fsp3) is 0.250. The molecule has 108 valence electrons. The summed E-state index contributed by atoms with van der Waals surface area (Å²) in [6, 6.07) is 11.0. The van der Waals surface area contributed by atoms with Gasteiger partial charge in [-0.3, -0.25) is 4.79 Å². The number of carbonyl (C=O) groups excluding carboxylic acids is 1. The molecule has 1 amide bonds. The van der Waals surface area contributed by atoms with Crippen molar-refractivity contribution in [3.8, 4) is 5.75 Å². The van der Waals surface area contributed by atoms with Crippen LogP contribution in [-0.4, -0.2) is 17.5 Å². The van der Waals surface area contributed by atoms with Crippen LogP contribution in [-0.2, 0) is 0 Å². The highest BCUT2D eigenvalue weighted by molar-refractivity contribution is 6.29. The second-order valence-corrected chi connectivity index (χ2v) is 5.41. The van der Waals surface area contributed by atoms with Crippen molar-refractivity contribution in [2.75, 3.05) is 6.61 Å². The maximum atomic E-state index is 12.4. The predicted octanol–water partition coefficient (Wildman–Crippen LogP) is 3.30. The van der Waals surface area contributed by atoms with Crippen molar-refractivity contribution in [3.05, 3.63) is 58.4 Å². The Bertz CT molecular complexity index is 667. The molecule has 0 spiro atoms. The van der Waals surface area contributed by atoms with E-state index in [1.54, 1.807) is 12.1 Å². The number of rotatable bonds is 2. The smallest absolute Gasteiger partial charge is 0.251 e. The lowest BCUT2D eigenvalue weighted by atomic mass is 10.00. The van der Waals surface area contributed by atoms with Crippen LogP contribution in [0.3, 0.4) is 0 Å². The molecule has 1 N–H and O–H groups in total. The van der Waals surface area contributed by atoms with Gasteiger partial charge in [-0.2, -0.15) is 0 Å². The number of halogens is 1. The molecule has 1 aliphatic rings. The summed E-state index contributed by atoms with van der Waals surface area (Å²) < 4.78 is 5.60. The van der Waals surface area contributed by atoms with Crippen LogP contribution in [0.2, 0.25) is 5.15 Å². The van der Waals surface area contributed by atoms with E-state index in [4.69, 9.17) is 16.3 Å². The summed E-state index contributed by atoms with van der Waals surface area (Å²) in [5.74, 6) is 0.682. The standard InChI is InChI=1S/C16H15ClN2O2/c1-10-8-11(9-15(17)18-10)16(20)19-13-6-7-21-14-5-3-2-4-12(13)14/h2-5,8-9,13H,6-7H2,1H3,(H,19,20). The molecule has 21 heavy (non-hydrogen) atoms. The molecule has 0 saturated heterocycles. The first-order valence-corrected chi connectivity index (χ1v) is 7.18. The van der Waals surface area contributed by atoms with Crippen LogP contribution in [0.1, 0.15) is 34.1 Å². The van der Waals surface area contributed by atoms with Crippen LogP contribution in [0.4, 0.5) is 0 Å². The number of benzene rings is 1. The number of nitrogens with one attached hydrogen (secondary N) is 1. The summed E-state index contributed by atoms with van der Waals surface area (Å²) in [6.07, 6.45) is 0.751. The Morgan fingerprint density at radius 1 is 1.38 bits per heavy atom. The Labute approximate surface area is 128 Å². The van der Waals surface area contributed by atoms with Crippen LogP contribution in [0.25, 0.3) is 0 Å². The van der Waals surface area contributed by atoms with E-state index >= 15 is 0 Å². The Kier molecular flexibility index (Phi) is 3.80. The van der Waals surface area contributed by atoms with E-state index in [9.17, 15) is 4.79 Å². The number of para-hydroxylation sites is 1. The lowest BCUT2D eigenvalue weighted by Crippen LogP contribution is -2.32. The summed E-state index contributed by atoms with van der Waals surface area (Å²) in [4.78, 5) is 16.5. The molecule has 0 saturated carbocycles. The largest absolute Gasteiger partial charge is 0.493 e. The molecule has 1 aromatic carbocycles. The van der Waals surface area contributed by atoms with Gasteiger partial charge in [0.25, 0.3) is 5.91 Å². The summed E-state index contributed by atoms with van der Waals surface area (Å²) >= 11 is 5.91. The van der Waals surface area contributed by atoms with E-state index in [1.165, 1.54) is 0 Å². The Balaban J connectivity index is 1.82. The SMILES string of the molecule is Cc1cc(C(=O)NC2CCOc3ccccc32)cc(Cl)n1. The zero-order chi connectivity index (χ0) is 14.8. The van der Waals surface area contributed by atoms with Gasteiger partial charge in [0.2, 0.25) is 0 Å². The highest BCUT2D eigenvalue weighted by Crippen LogP contribution is 2.31. The minimum Gasteiger partial charge on any atom is -0.493 e. The third-order valence-electron chi connectivity index (χ3n) is 3.45. The van der Waals surface area contributed by atoms with E-state index in [-0.39, 0.29) is 11.9 Å². The van der Waals surface area contributed by atoms with Crippen molar-refractivity contribution in [2.24, 2.45) is 0 Å². The fourth-order valence-electron chi connectivity index (χ4n) is 2.49. The van der Waals surface area contributed by atoms with Crippen molar-refractivity contribution < 1.29 is 9.53 Å². The van der Waals surface area contributed by atoms with Gasteiger partial charge < -0.3 is 10.1 Å². The molecule has 0 aliphatic carbocycles. The zero-order valence-corrected chi connectivity index (χ0v) is 12.4. The van der Waals surface area contributed by atoms with Crippen LogP contribution >= 0.6 is 11.6 Å². The summed E-state index contributed by atoms with van der Waals surface area (Å²) in [5.41, 5.74) is 2.26. The molecule has 1 aromatic heterocycles. The summed E-state index contributed by atoms with van der Waals surface area (Å²) in [5, 5.41) is 3.37. The maximum absolute atomic E-state index is 12.4. The molecule has 0 bridgehead atoms. The van der Waals surface area contributed by atoms with Gasteiger partial charge in [0.15, 0.2) is 0 Å².